The van der Waals surface area contributed by atoms with Gasteiger partial charge < -0.3 is 14.1 Å². The van der Waals surface area contributed by atoms with Gasteiger partial charge in [0.1, 0.15) is 11.3 Å². The average molecular weight is 394 g/mol. The van der Waals surface area contributed by atoms with Crippen LogP contribution in [0.15, 0.2) is 35.5 Å². The number of aromatic nitrogens is 3. The molecule has 1 aliphatic rings. The summed E-state index contributed by atoms with van der Waals surface area (Å²) in [6, 6.07) is 0.527. The van der Waals surface area contributed by atoms with E-state index in [9.17, 15) is 18.0 Å². The lowest BCUT2D eigenvalue weighted by Gasteiger charge is -2.38. The van der Waals surface area contributed by atoms with Crippen molar-refractivity contribution in [3.05, 3.63) is 42.3 Å². The van der Waals surface area contributed by atoms with Gasteiger partial charge in [-0.1, -0.05) is 0 Å². The molecular formula is C18H17F3N4O3. The van der Waals surface area contributed by atoms with Crippen LogP contribution in [0.5, 0.6) is 0 Å². The molecule has 1 amide bonds. The van der Waals surface area contributed by atoms with E-state index in [1.807, 2.05) is 13.8 Å². The molecule has 3 aromatic rings. The maximum atomic E-state index is 13.5. The molecule has 0 spiro atoms. The van der Waals surface area contributed by atoms with Gasteiger partial charge in [-0.2, -0.15) is 13.2 Å². The number of pyridine rings is 1. The quantitative estimate of drug-likeness (QED) is 0.667. The number of morpholine rings is 1. The number of hydrogen-bond acceptors (Lipinski definition) is 5. The monoisotopic (exact) mass is 394 g/mol. The van der Waals surface area contributed by atoms with Gasteiger partial charge in [-0.3, -0.25) is 9.20 Å². The lowest BCUT2D eigenvalue weighted by molar-refractivity contribution is -0.137. The van der Waals surface area contributed by atoms with Crippen molar-refractivity contribution < 1.29 is 27.1 Å². The molecule has 28 heavy (non-hydrogen) atoms. The fourth-order valence-electron chi connectivity index (χ4n) is 3.47. The van der Waals surface area contributed by atoms with Crippen molar-refractivity contribution >= 4 is 11.6 Å². The highest BCUT2D eigenvalue weighted by Gasteiger charge is 2.35. The number of rotatable bonds is 2. The summed E-state index contributed by atoms with van der Waals surface area (Å²) in [5.74, 6) is -0.271. The first-order chi connectivity index (χ1) is 13.3. The van der Waals surface area contributed by atoms with E-state index in [2.05, 4.69) is 9.97 Å². The van der Waals surface area contributed by atoms with E-state index in [-0.39, 0.29) is 34.7 Å². The van der Waals surface area contributed by atoms with Gasteiger partial charge in [0.2, 0.25) is 0 Å². The number of hydrogen-bond donors (Lipinski definition) is 0. The van der Waals surface area contributed by atoms with E-state index in [0.717, 1.165) is 23.1 Å². The number of imidazole rings is 1. The van der Waals surface area contributed by atoms with Crippen LogP contribution in [0.2, 0.25) is 0 Å². The molecule has 7 nitrogen and oxygen atoms in total. The number of carbonyl (C=O) groups excluding carboxylic acids is 1. The van der Waals surface area contributed by atoms with Gasteiger partial charge in [0.15, 0.2) is 12.2 Å². The third kappa shape index (κ3) is 3.03. The molecule has 4 rings (SSSR count). The van der Waals surface area contributed by atoms with Gasteiger partial charge in [-0.25, -0.2) is 9.97 Å². The Labute approximate surface area is 157 Å². The van der Waals surface area contributed by atoms with Crippen molar-refractivity contribution in [3.8, 4) is 11.3 Å². The SMILES string of the molecule is CC1COCC(C)N1C(=O)c1cnc2c(-c3cnco3)cc(C(F)(F)F)cn12. The average Bonchev–Trinajstić information content (AvgIpc) is 3.29. The largest absolute Gasteiger partial charge is 0.443 e. The zero-order valence-corrected chi connectivity index (χ0v) is 15.1. The summed E-state index contributed by atoms with van der Waals surface area (Å²) in [6.45, 7) is 4.39. The number of nitrogens with zero attached hydrogens (tertiary/aromatic N) is 4. The number of halogens is 3. The second-order valence-electron chi connectivity index (χ2n) is 6.79. The summed E-state index contributed by atoms with van der Waals surface area (Å²) in [5.41, 5.74) is -0.583. The summed E-state index contributed by atoms with van der Waals surface area (Å²) in [4.78, 5) is 22.7. The second kappa shape index (κ2) is 6.62. The molecule has 0 bridgehead atoms. The Balaban J connectivity index is 1.89. The van der Waals surface area contributed by atoms with Crippen molar-refractivity contribution in [3.63, 3.8) is 0 Å². The molecule has 1 aliphatic heterocycles. The van der Waals surface area contributed by atoms with Gasteiger partial charge in [-0.15, -0.1) is 0 Å². The van der Waals surface area contributed by atoms with Gasteiger partial charge in [-0.05, 0) is 19.9 Å². The predicted molar refractivity (Wildman–Crippen MR) is 91.6 cm³/mol. The van der Waals surface area contributed by atoms with Crippen molar-refractivity contribution in [1.82, 2.24) is 19.3 Å². The van der Waals surface area contributed by atoms with Crippen molar-refractivity contribution in [2.24, 2.45) is 0 Å². The zero-order chi connectivity index (χ0) is 20.1. The Morgan fingerprint density at radius 1 is 1.21 bits per heavy atom. The molecule has 3 aromatic heterocycles. The normalized spacial score (nSPS) is 20.7. The summed E-state index contributed by atoms with van der Waals surface area (Å²) in [5, 5.41) is 0. The second-order valence-corrected chi connectivity index (χ2v) is 6.79. The molecule has 0 aliphatic carbocycles. The van der Waals surface area contributed by atoms with Gasteiger partial charge in [0.25, 0.3) is 5.91 Å². The van der Waals surface area contributed by atoms with Crippen LogP contribution in [-0.4, -0.2) is 50.5 Å². The third-order valence-corrected chi connectivity index (χ3v) is 4.75. The Morgan fingerprint density at radius 3 is 2.54 bits per heavy atom. The standard InChI is InChI=1S/C18H17F3N4O3/c1-10-7-27-8-11(2)25(10)17(26)14-4-23-16-13(15-5-22-9-28-15)3-12(6-24(14)16)18(19,20)21/h3-6,9-11H,7-8H2,1-2H3. The first-order valence-corrected chi connectivity index (χ1v) is 8.65. The Morgan fingerprint density at radius 2 is 1.93 bits per heavy atom. The minimum Gasteiger partial charge on any atom is -0.443 e. The molecule has 0 aromatic carbocycles. The maximum absolute atomic E-state index is 13.5. The summed E-state index contributed by atoms with van der Waals surface area (Å²) < 4.78 is 52.2. The highest BCUT2D eigenvalue weighted by molar-refractivity contribution is 5.94. The Kier molecular flexibility index (Phi) is 4.37. The predicted octanol–water partition coefficient (Wildman–Crippen LogP) is 3.26. The minimum absolute atomic E-state index is 0.0439. The Bertz CT molecular complexity index is 1000. The first-order valence-electron chi connectivity index (χ1n) is 8.65. The number of oxazole rings is 1. The maximum Gasteiger partial charge on any atom is 0.417 e. The van der Waals surface area contributed by atoms with Crippen LogP contribution >= 0.6 is 0 Å². The molecule has 4 heterocycles. The van der Waals surface area contributed by atoms with Gasteiger partial charge in [0.05, 0.1) is 48.8 Å². The molecule has 0 N–H and O–H groups in total. The first kappa shape index (κ1) is 18.5. The van der Waals surface area contributed by atoms with Gasteiger partial charge in [0, 0.05) is 6.20 Å². The van der Waals surface area contributed by atoms with E-state index in [1.165, 1.54) is 12.4 Å². The molecule has 2 unspecified atom stereocenters. The number of amides is 1. The minimum atomic E-state index is -4.60. The highest BCUT2D eigenvalue weighted by Crippen LogP contribution is 2.34. The van der Waals surface area contributed by atoms with Gasteiger partial charge >= 0.3 is 6.18 Å². The van der Waals surface area contributed by atoms with Crippen LogP contribution in [-0.2, 0) is 10.9 Å². The van der Waals surface area contributed by atoms with E-state index in [4.69, 9.17) is 9.15 Å². The van der Waals surface area contributed by atoms with Crippen LogP contribution < -0.4 is 0 Å². The number of ether oxygens (including phenoxy) is 1. The zero-order valence-electron chi connectivity index (χ0n) is 15.1. The van der Waals surface area contributed by atoms with E-state index < -0.39 is 17.6 Å². The molecule has 148 valence electrons. The topological polar surface area (TPSA) is 72.9 Å². The number of alkyl halides is 3. The smallest absolute Gasteiger partial charge is 0.417 e. The molecule has 0 radical (unpaired) electrons. The molecule has 1 saturated heterocycles. The van der Waals surface area contributed by atoms with E-state index in [0.29, 0.717) is 13.2 Å². The lowest BCUT2D eigenvalue weighted by atomic mass is 10.1. The molecule has 2 atom stereocenters. The third-order valence-electron chi connectivity index (χ3n) is 4.75. The number of carbonyl (C=O) groups is 1. The number of fused-ring (bicyclic) bond motifs is 1. The Hall–Kier alpha value is -2.88. The van der Waals surface area contributed by atoms with Crippen LogP contribution in [0.25, 0.3) is 17.0 Å². The van der Waals surface area contributed by atoms with E-state index in [1.54, 1.807) is 4.90 Å². The fourth-order valence-corrected chi connectivity index (χ4v) is 3.47. The summed E-state index contributed by atoms with van der Waals surface area (Å²) in [6.07, 6.45) is -0.0130. The van der Waals surface area contributed by atoms with Crippen molar-refractivity contribution in [1.29, 1.82) is 0 Å². The lowest BCUT2D eigenvalue weighted by Crippen LogP contribution is -2.52. The van der Waals surface area contributed by atoms with Crippen LogP contribution in [0.3, 0.4) is 0 Å². The fraction of sp³-hybridized carbons (Fsp3) is 0.389. The van der Waals surface area contributed by atoms with Crippen molar-refractivity contribution in [2.45, 2.75) is 32.1 Å². The molecular weight excluding hydrogens is 377 g/mol. The molecule has 10 heteroatoms. The highest BCUT2D eigenvalue weighted by atomic mass is 19.4. The van der Waals surface area contributed by atoms with Crippen molar-refractivity contribution in [2.75, 3.05) is 13.2 Å². The van der Waals surface area contributed by atoms with Crippen LogP contribution in [0, 0.1) is 0 Å². The molecule has 0 saturated carbocycles. The molecule has 1 fully saturated rings. The van der Waals surface area contributed by atoms with E-state index >= 15 is 0 Å². The van der Waals surface area contributed by atoms with Crippen LogP contribution in [0.1, 0.15) is 29.9 Å². The summed E-state index contributed by atoms with van der Waals surface area (Å²) in [7, 11) is 0. The van der Waals surface area contributed by atoms with Crippen LogP contribution in [0.4, 0.5) is 13.2 Å². The summed E-state index contributed by atoms with van der Waals surface area (Å²) >= 11 is 0.